The molecule has 1 saturated carbocycles. The van der Waals surface area contributed by atoms with E-state index in [0.717, 1.165) is 30.2 Å². The highest BCUT2D eigenvalue weighted by Crippen LogP contribution is 2.38. The Labute approximate surface area is 182 Å². The number of aryl methyl sites for hydroxylation is 1. The van der Waals surface area contributed by atoms with Gasteiger partial charge in [-0.15, -0.1) is 0 Å². The molecule has 3 heterocycles. The van der Waals surface area contributed by atoms with Crippen molar-refractivity contribution >= 4 is 39.3 Å². The quantitative estimate of drug-likeness (QED) is 0.522. The van der Waals surface area contributed by atoms with Crippen LogP contribution in [0.1, 0.15) is 41.6 Å². The second-order valence-electron chi connectivity index (χ2n) is 7.91. The smallest absolute Gasteiger partial charge is 0.271 e. The number of benzene rings is 1. The van der Waals surface area contributed by atoms with Crippen LogP contribution in [0.5, 0.6) is 0 Å². The van der Waals surface area contributed by atoms with E-state index < -0.39 is 0 Å². The van der Waals surface area contributed by atoms with Gasteiger partial charge in [-0.3, -0.25) is 14.6 Å². The molecule has 9 heteroatoms. The van der Waals surface area contributed by atoms with Gasteiger partial charge in [-0.25, -0.2) is 4.98 Å². The van der Waals surface area contributed by atoms with E-state index in [0.29, 0.717) is 33.9 Å². The summed E-state index contributed by atoms with van der Waals surface area (Å²) in [6, 6.07) is 5.54. The Kier molecular flexibility index (Phi) is 4.94. The minimum atomic E-state index is -0.243. The molecule has 1 aliphatic rings. The van der Waals surface area contributed by atoms with Crippen molar-refractivity contribution in [3.8, 4) is 0 Å². The summed E-state index contributed by atoms with van der Waals surface area (Å²) < 4.78 is 7.16. The van der Waals surface area contributed by atoms with Crippen LogP contribution in [0.25, 0.3) is 21.8 Å². The van der Waals surface area contributed by atoms with Gasteiger partial charge in [-0.2, -0.15) is 0 Å². The molecule has 1 N–H and O–H groups in total. The molecular formula is C22H20ClN5O3. The second-order valence-corrected chi connectivity index (χ2v) is 8.31. The fourth-order valence-electron chi connectivity index (χ4n) is 4.55. The first kappa shape index (κ1) is 19.7. The van der Waals surface area contributed by atoms with Crippen molar-refractivity contribution in [1.29, 1.82) is 0 Å². The summed E-state index contributed by atoms with van der Waals surface area (Å²) in [7, 11) is 0. The Balaban J connectivity index is 1.44. The minimum absolute atomic E-state index is 0.00517. The minimum Gasteiger partial charge on any atom is -0.360 e. The molecule has 4 aromatic rings. The average molecular weight is 438 g/mol. The lowest BCUT2D eigenvalue weighted by Crippen LogP contribution is -2.30. The fourth-order valence-corrected chi connectivity index (χ4v) is 4.81. The molecule has 5 rings (SSSR count). The van der Waals surface area contributed by atoms with Crippen molar-refractivity contribution in [3.63, 3.8) is 0 Å². The van der Waals surface area contributed by atoms with E-state index in [9.17, 15) is 9.59 Å². The van der Waals surface area contributed by atoms with Crippen molar-refractivity contribution in [2.24, 2.45) is 5.92 Å². The summed E-state index contributed by atoms with van der Waals surface area (Å²) in [4.78, 5) is 33.6. The molecule has 0 saturated heterocycles. The molecule has 0 spiro atoms. The van der Waals surface area contributed by atoms with E-state index in [1.54, 1.807) is 13.0 Å². The zero-order chi connectivity index (χ0) is 21.5. The largest absolute Gasteiger partial charge is 0.360 e. The number of halogens is 1. The van der Waals surface area contributed by atoms with Crippen LogP contribution in [-0.2, 0) is 0 Å². The molecule has 31 heavy (non-hydrogen) atoms. The Morgan fingerprint density at radius 1 is 1.29 bits per heavy atom. The van der Waals surface area contributed by atoms with Gasteiger partial charge in [0, 0.05) is 30.4 Å². The standard InChI is InChI=1S/C22H20ClN5O3/c1-12-18-20(27-31-12)19-15(23)3-2-4-17(19)28(22(18)30)14-6-5-13(9-14)10-26-21(29)16-11-24-7-8-25-16/h2-4,7-8,11,13-14H,5-6,9-10H2,1H3,(H,26,29)/t13-,14+/m0/s1. The third-order valence-electron chi connectivity index (χ3n) is 6.01. The third kappa shape index (κ3) is 3.37. The molecule has 0 aliphatic heterocycles. The molecule has 1 aromatic carbocycles. The molecule has 158 valence electrons. The molecule has 0 radical (unpaired) electrons. The van der Waals surface area contributed by atoms with Crippen LogP contribution in [0.3, 0.4) is 0 Å². The molecule has 0 unspecified atom stereocenters. The van der Waals surface area contributed by atoms with E-state index in [1.807, 2.05) is 16.7 Å². The number of nitrogens with zero attached hydrogens (tertiary/aromatic N) is 4. The first-order valence-corrected chi connectivity index (χ1v) is 10.5. The van der Waals surface area contributed by atoms with Crippen LogP contribution in [0.2, 0.25) is 5.02 Å². The predicted octanol–water partition coefficient (Wildman–Crippen LogP) is 3.67. The molecule has 2 atom stereocenters. The molecule has 1 amide bonds. The highest BCUT2D eigenvalue weighted by Gasteiger charge is 2.30. The van der Waals surface area contributed by atoms with E-state index in [2.05, 4.69) is 20.4 Å². The van der Waals surface area contributed by atoms with Crippen LogP contribution < -0.4 is 10.9 Å². The number of aromatic nitrogens is 4. The highest BCUT2D eigenvalue weighted by molar-refractivity contribution is 6.37. The highest BCUT2D eigenvalue weighted by atomic mass is 35.5. The number of amides is 1. The molecule has 3 aromatic heterocycles. The van der Waals surface area contributed by atoms with Gasteiger partial charge in [-0.1, -0.05) is 22.8 Å². The van der Waals surface area contributed by atoms with Crippen LogP contribution in [-0.4, -0.2) is 32.1 Å². The van der Waals surface area contributed by atoms with Gasteiger partial charge in [0.2, 0.25) is 0 Å². The van der Waals surface area contributed by atoms with E-state index >= 15 is 0 Å². The lowest BCUT2D eigenvalue weighted by atomic mass is 10.1. The van der Waals surface area contributed by atoms with Gasteiger partial charge < -0.3 is 14.4 Å². The third-order valence-corrected chi connectivity index (χ3v) is 6.32. The average Bonchev–Trinajstić information content (AvgIpc) is 3.40. The summed E-state index contributed by atoms with van der Waals surface area (Å²) in [5, 5.41) is 8.77. The Bertz CT molecular complexity index is 1350. The molecule has 1 fully saturated rings. The van der Waals surface area contributed by atoms with Gasteiger partial charge in [-0.05, 0) is 44.2 Å². The lowest BCUT2D eigenvalue weighted by Gasteiger charge is -2.18. The van der Waals surface area contributed by atoms with E-state index in [4.69, 9.17) is 16.1 Å². The number of pyridine rings is 1. The van der Waals surface area contributed by atoms with Crippen molar-refractivity contribution in [3.05, 3.63) is 63.6 Å². The van der Waals surface area contributed by atoms with Gasteiger partial charge in [0.25, 0.3) is 11.5 Å². The van der Waals surface area contributed by atoms with Crippen molar-refractivity contribution in [2.75, 3.05) is 6.54 Å². The summed E-state index contributed by atoms with van der Waals surface area (Å²) in [6.45, 7) is 2.26. The predicted molar refractivity (Wildman–Crippen MR) is 116 cm³/mol. The Morgan fingerprint density at radius 3 is 2.97 bits per heavy atom. The van der Waals surface area contributed by atoms with Gasteiger partial charge in [0.05, 0.1) is 16.7 Å². The second kappa shape index (κ2) is 7.77. The monoisotopic (exact) mass is 437 g/mol. The maximum absolute atomic E-state index is 13.4. The zero-order valence-electron chi connectivity index (χ0n) is 16.8. The number of rotatable bonds is 4. The zero-order valence-corrected chi connectivity index (χ0v) is 17.6. The van der Waals surface area contributed by atoms with Crippen molar-refractivity contribution < 1.29 is 9.32 Å². The first-order valence-electron chi connectivity index (χ1n) is 10.2. The van der Waals surface area contributed by atoms with Gasteiger partial charge in [0.15, 0.2) is 0 Å². The molecule has 1 aliphatic carbocycles. The van der Waals surface area contributed by atoms with Gasteiger partial charge >= 0.3 is 0 Å². The van der Waals surface area contributed by atoms with Crippen LogP contribution >= 0.6 is 11.6 Å². The molecule has 8 nitrogen and oxygen atoms in total. The number of hydrogen-bond donors (Lipinski definition) is 1. The number of nitrogens with one attached hydrogen (secondary N) is 1. The van der Waals surface area contributed by atoms with Crippen LogP contribution in [0.4, 0.5) is 0 Å². The van der Waals surface area contributed by atoms with E-state index in [1.165, 1.54) is 18.6 Å². The maximum atomic E-state index is 13.4. The Morgan fingerprint density at radius 2 is 2.16 bits per heavy atom. The number of fused-ring (bicyclic) bond motifs is 3. The van der Waals surface area contributed by atoms with Crippen LogP contribution in [0, 0.1) is 12.8 Å². The summed E-state index contributed by atoms with van der Waals surface area (Å²) in [6.07, 6.45) is 6.98. The van der Waals surface area contributed by atoms with Gasteiger partial charge in [0.1, 0.15) is 22.4 Å². The lowest BCUT2D eigenvalue weighted by molar-refractivity contribution is 0.0941. The molecule has 0 bridgehead atoms. The number of hydrogen-bond acceptors (Lipinski definition) is 6. The van der Waals surface area contributed by atoms with E-state index in [-0.39, 0.29) is 23.4 Å². The Hall–Kier alpha value is -3.26. The van der Waals surface area contributed by atoms with Crippen molar-refractivity contribution in [2.45, 2.75) is 32.2 Å². The first-order chi connectivity index (χ1) is 15.0. The SMILES string of the molecule is Cc1onc2c1c(=O)n([C@@H]1CC[C@H](CNC(=O)c3cnccn3)C1)c1cccc(Cl)c21. The normalized spacial score (nSPS) is 18.6. The maximum Gasteiger partial charge on any atom is 0.271 e. The van der Waals surface area contributed by atoms with Crippen molar-refractivity contribution in [1.82, 2.24) is 25.0 Å². The number of carbonyl (C=O) groups excluding carboxylic acids is 1. The summed E-state index contributed by atoms with van der Waals surface area (Å²) >= 11 is 6.49. The molecular weight excluding hydrogens is 418 g/mol. The summed E-state index contributed by atoms with van der Waals surface area (Å²) in [5.41, 5.74) is 1.44. The van der Waals surface area contributed by atoms with Crippen LogP contribution in [0.15, 0.2) is 46.1 Å². The number of carbonyl (C=O) groups is 1. The fraction of sp³-hybridized carbons (Fsp3) is 0.318. The topological polar surface area (TPSA) is 103 Å². The summed E-state index contributed by atoms with van der Waals surface area (Å²) in [5.74, 6) is 0.500.